The molecule has 0 radical (unpaired) electrons. The van der Waals surface area contributed by atoms with E-state index in [9.17, 15) is 18.0 Å². The quantitative estimate of drug-likeness (QED) is 0.409. The molecule has 2 aromatic carbocycles. The summed E-state index contributed by atoms with van der Waals surface area (Å²) in [6.07, 6.45) is 2.39. The molecule has 1 aliphatic heterocycles. The number of hydrogen-bond acceptors (Lipinski definition) is 6. The van der Waals surface area contributed by atoms with Crippen molar-refractivity contribution in [1.29, 1.82) is 0 Å². The van der Waals surface area contributed by atoms with Crippen molar-refractivity contribution in [2.45, 2.75) is 57.5 Å². The third-order valence-corrected chi connectivity index (χ3v) is 9.20. The van der Waals surface area contributed by atoms with Crippen LogP contribution in [0, 0.1) is 5.41 Å². The predicted octanol–water partition coefficient (Wildman–Crippen LogP) is 4.93. The van der Waals surface area contributed by atoms with Gasteiger partial charge in [0, 0.05) is 23.7 Å². The molecule has 0 bridgehead atoms. The van der Waals surface area contributed by atoms with Gasteiger partial charge in [0.25, 0.3) is 5.91 Å². The number of rotatable bonds is 10. The first-order valence-corrected chi connectivity index (χ1v) is 14.5. The maximum atomic E-state index is 13.8. The second-order valence-electron chi connectivity index (χ2n) is 9.26. The number of carbonyl (C=O) groups excluding carboxylic acids is 1. The lowest BCUT2D eigenvalue weighted by molar-refractivity contribution is -0.139. The van der Waals surface area contributed by atoms with Crippen molar-refractivity contribution < 1.29 is 27.9 Å². The highest BCUT2D eigenvalue weighted by atomic mass is 79.9. The van der Waals surface area contributed by atoms with Crippen molar-refractivity contribution >= 4 is 49.0 Å². The molecule has 1 heterocycles. The molecule has 2 unspecified atom stereocenters. The van der Waals surface area contributed by atoms with Gasteiger partial charge in [-0.05, 0) is 53.9 Å². The van der Waals surface area contributed by atoms with Crippen LogP contribution in [0.5, 0.6) is 5.75 Å². The molecule has 0 fully saturated rings. The highest BCUT2D eigenvalue weighted by Gasteiger charge is 2.42. The number of nitrogens with zero attached hydrogens (tertiary/aromatic N) is 1. The van der Waals surface area contributed by atoms with Gasteiger partial charge >= 0.3 is 5.97 Å². The number of hydrogen-bond donors (Lipinski definition) is 2. The third kappa shape index (κ3) is 6.39. The van der Waals surface area contributed by atoms with E-state index >= 15 is 0 Å². The molecule has 0 aromatic heterocycles. The summed E-state index contributed by atoms with van der Waals surface area (Å²) in [5.74, 6) is -1.57. The Morgan fingerprint density at radius 3 is 2.53 bits per heavy atom. The highest BCUT2D eigenvalue weighted by Crippen LogP contribution is 2.46. The Balaban J connectivity index is 2.09. The van der Waals surface area contributed by atoms with Crippen LogP contribution in [0.25, 0.3) is 0 Å². The van der Waals surface area contributed by atoms with Gasteiger partial charge in [-0.2, -0.15) is 0 Å². The molecule has 10 heteroatoms. The lowest BCUT2D eigenvalue weighted by Gasteiger charge is -2.36. The number of nitrogens with one attached hydrogen (secondary N) is 1. The Morgan fingerprint density at radius 1 is 1.22 bits per heavy atom. The van der Waals surface area contributed by atoms with Gasteiger partial charge in [0.2, 0.25) is 0 Å². The van der Waals surface area contributed by atoms with Gasteiger partial charge in [0.15, 0.2) is 15.9 Å². The SMILES string of the molecule is CCCCC1(CC)CN(c2ccccc2)c2cc(Br)c(OC(C)C(=O)NCC(=O)O)cc2S(=O)(=O)C1. The van der Waals surface area contributed by atoms with Crippen molar-refractivity contribution in [3.63, 3.8) is 0 Å². The smallest absolute Gasteiger partial charge is 0.322 e. The minimum Gasteiger partial charge on any atom is -0.480 e. The fourth-order valence-corrected chi connectivity index (χ4v) is 7.10. The molecule has 36 heavy (non-hydrogen) atoms. The number of anilines is 2. The number of carboxylic acids is 1. The van der Waals surface area contributed by atoms with E-state index in [0.29, 0.717) is 16.7 Å². The molecule has 0 aliphatic carbocycles. The molecule has 2 N–H and O–H groups in total. The first kappa shape index (κ1) is 28.0. The first-order chi connectivity index (χ1) is 17.0. The standard InChI is InChI=1S/C26H33BrN2O6S/c1-4-6-12-26(5-2)16-29(19-10-8-7-9-11-19)21-13-20(27)22(14-23(21)36(33,34)17-26)35-18(3)25(32)28-15-24(30)31/h7-11,13-14,18H,4-6,12,15-17H2,1-3H3,(H,28,32)(H,30,31). The lowest BCUT2D eigenvalue weighted by atomic mass is 9.81. The summed E-state index contributed by atoms with van der Waals surface area (Å²) >= 11 is 3.49. The van der Waals surface area contributed by atoms with Crippen LogP contribution >= 0.6 is 15.9 Å². The van der Waals surface area contributed by atoms with E-state index in [1.54, 1.807) is 6.07 Å². The lowest BCUT2D eigenvalue weighted by Crippen LogP contribution is -2.39. The number of unbranched alkanes of at least 4 members (excludes halogenated alkanes) is 1. The van der Waals surface area contributed by atoms with Gasteiger partial charge < -0.3 is 20.1 Å². The number of fused-ring (bicyclic) bond motifs is 1. The Hall–Kier alpha value is -2.59. The number of benzene rings is 2. The summed E-state index contributed by atoms with van der Waals surface area (Å²) in [5.41, 5.74) is 1.02. The van der Waals surface area contributed by atoms with Crippen molar-refractivity contribution in [2.24, 2.45) is 5.41 Å². The number of carboxylic acid groups (broad SMARTS) is 1. The second kappa shape index (κ2) is 11.6. The predicted molar refractivity (Wildman–Crippen MR) is 143 cm³/mol. The first-order valence-electron chi connectivity index (χ1n) is 12.1. The maximum absolute atomic E-state index is 13.8. The fourth-order valence-electron chi connectivity index (χ4n) is 4.50. The maximum Gasteiger partial charge on any atom is 0.322 e. The molecule has 2 aromatic rings. The number of para-hydroxylation sites is 1. The summed E-state index contributed by atoms with van der Waals surface area (Å²) in [6, 6.07) is 12.9. The van der Waals surface area contributed by atoms with Crippen LogP contribution in [0.4, 0.5) is 11.4 Å². The zero-order chi connectivity index (χ0) is 26.5. The van der Waals surface area contributed by atoms with E-state index in [0.717, 1.165) is 31.4 Å². The summed E-state index contributed by atoms with van der Waals surface area (Å²) in [4.78, 5) is 25.2. The number of ether oxygens (including phenoxy) is 1. The van der Waals surface area contributed by atoms with E-state index in [4.69, 9.17) is 9.84 Å². The average molecular weight is 582 g/mol. The van der Waals surface area contributed by atoms with E-state index in [1.165, 1.54) is 13.0 Å². The van der Waals surface area contributed by atoms with Gasteiger partial charge in [-0.15, -0.1) is 0 Å². The van der Waals surface area contributed by atoms with Crippen LogP contribution in [-0.2, 0) is 19.4 Å². The number of amides is 1. The topological polar surface area (TPSA) is 113 Å². The molecule has 0 saturated carbocycles. The van der Waals surface area contributed by atoms with Crippen molar-refractivity contribution in [3.05, 3.63) is 46.9 Å². The normalized spacial score (nSPS) is 19.6. The molecule has 8 nitrogen and oxygen atoms in total. The van der Waals surface area contributed by atoms with Crippen LogP contribution in [0.2, 0.25) is 0 Å². The van der Waals surface area contributed by atoms with Crippen LogP contribution in [0.1, 0.15) is 46.5 Å². The average Bonchev–Trinajstić information content (AvgIpc) is 2.94. The van der Waals surface area contributed by atoms with Gasteiger partial charge in [-0.3, -0.25) is 9.59 Å². The Bertz CT molecular complexity index is 1200. The van der Waals surface area contributed by atoms with Crippen LogP contribution in [-0.4, -0.2) is 50.3 Å². The molecule has 1 amide bonds. The number of carbonyl (C=O) groups is 2. The molecule has 196 valence electrons. The molecule has 3 rings (SSSR count). The Kier molecular flexibility index (Phi) is 9.05. The van der Waals surface area contributed by atoms with Gasteiger partial charge in [-0.1, -0.05) is 44.9 Å². The molecular formula is C26H33BrN2O6S. The van der Waals surface area contributed by atoms with Crippen LogP contribution in [0.15, 0.2) is 51.8 Å². The van der Waals surface area contributed by atoms with Crippen LogP contribution in [0.3, 0.4) is 0 Å². The number of sulfone groups is 1. The zero-order valence-electron chi connectivity index (χ0n) is 20.8. The number of aliphatic carboxylic acids is 1. The van der Waals surface area contributed by atoms with Crippen molar-refractivity contribution in [2.75, 3.05) is 23.7 Å². The van der Waals surface area contributed by atoms with E-state index in [2.05, 4.69) is 33.1 Å². The fraction of sp³-hybridized carbons (Fsp3) is 0.462. The molecular weight excluding hydrogens is 548 g/mol. The van der Waals surface area contributed by atoms with Crippen molar-refractivity contribution in [1.82, 2.24) is 5.32 Å². The zero-order valence-corrected chi connectivity index (χ0v) is 23.2. The number of halogens is 1. The van der Waals surface area contributed by atoms with Crippen LogP contribution < -0.4 is 15.0 Å². The van der Waals surface area contributed by atoms with Gasteiger partial charge in [0.1, 0.15) is 12.3 Å². The molecule has 2 atom stereocenters. The van der Waals surface area contributed by atoms with E-state index in [1.807, 2.05) is 37.3 Å². The summed E-state index contributed by atoms with van der Waals surface area (Å²) in [7, 11) is -3.71. The van der Waals surface area contributed by atoms with E-state index < -0.39 is 39.8 Å². The second-order valence-corrected chi connectivity index (χ2v) is 12.1. The highest BCUT2D eigenvalue weighted by molar-refractivity contribution is 9.10. The monoisotopic (exact) mass is 580 g/mol. The molecule has 0 spiro atoms. The van der Waals surface area contributed by atoms with E-state index in [-0.39, 0.29) is 16.4 Å². The van der Waals surface area contributed by atoms with Gasteiger partial charge in [-0.25, -0.2) is 8.42 Å². The summed E-state index contributed by atoms with van der Waals surface area (Å²) < 4.78 is 33.9. The minimum absolute atomic E-state index is 0.0164. The van der Waals surface area contributed by atoms with Crippen molar-refractivity contribution in [3.8, 4) is 5.75 Å². The minimum atomic E-state index is -3.71. The third-order valence-electron chi connectivity index (χ3n) is 6.59. The summed E-state index contributed by atoms with van der Waals surface area (Å²) in [6.45, 7) is 5.65. The molecule has 1 aliphatic rings. The largest absolute Gasteiger partial charge is 0.480 e. The van der Waals surface area contributed by atoms with Gasteiger partial charge in [0.05, 0.1) is 20.8 Å². The molecule has 0 saturated heterocycles. The Labute approximate surface area is 221 Å². The Morgan fingerprint density at radius 2 is 1.92 bits per heavy atom. The summed E-state index contributed by atoms with van der Waals surface area (Å²) in [5, 5.41) is 11.1.